The van der Waals surface area contributed by atoms with Crippen molar-refractivity contribution in [1.29, 1.82) is 0 Å². The molecule has 3 aromatic rings. The number of carbonyl (C=O) groups is 7. The molecule has 450 valence electrons. The quantitative estimate of drug-likeness (QED) is 0.0641. The first-order chi connectivity index (χ1) is 35.7. The van der Waals surface area contributed by atoms with Gasteiger partial charge in [-0.15, -0.1) is 5.10 Å². The number of hydrogen-bond donors (Lipinski definition) is 1. The number of aliphatic hydroxyl groups excluding tert-OH is 1. The second-order valence-electron chi connectivity index (χ2n) is 22.9. The van der Waals surface area contributed by atoms with E-state index in [2.05, 4.69) is 87.9 Å². The van der Waals surface area contributed by atoms with Crippen molar-refractivity contribution in [2.75, 3.05) is 6.61 Å². The second-order valence-corrected chi connectivity index (χ2v) is 22.9. The standard InChI is InChI=1S/C11H14O.C10H18O.C9H15N3O.C8H14N4O.2C8H16O.C7H14O2.2CH4/c1-9(2)8-11(12)10-6-4-3-5-7-10;1-4-10(5-6-10)9(11)7-8(2)3;1-8(2)5-9(13)3-4-12-7-10-6-11-12;1-7(2)5-8(13)3-4-12-6-9-10-11-12;2*1-4-5-8(9)6-7(2)3;1-6(2)5-7(9)3-4-8;;/h3-7,9H,8H2,1-2H3;8H,4-7H2,1-3H3;6-8H,3-5H2,1-2H3;6-7H,3-5H2,1-2H3;2*7H,4-6H2,1-3H3;6,8H,3-5H2,1-2H3;2*1H4. The molecule has 1 N–H and O–H groups in total. The van der Waals surface area contributed by atoms with Crippen LogP contribution in [0.3, 0.4) is 0 Å². The highest BCUT2D eigenvalue weighted by Gasteiger charge is 2.47. The molecular weight excluding hydrogens is 983 g/mol. The Balaban J connectivity index is -0.000000266. The van der Waals surface area contributed by atoms with Gasteiger partial charge < -0.3 is 5.11 Å². The zero-order valence-corrected chi connectivity index (χ0v) is 50.7. The predicted molar refractivity (Wildman–Crippen MR) is 321 cm³/mol. The Morgan fingerprint density at radius 2 is 0.897 bits per heavy atom. The molecule has 0 bridgehead atoms. The summed E-state index contributed by atoms with van der Waals surface area (Å²) < 4.78 is 3.25. The first-order valence-electron chi connectivity index (χ1n) is 28.5. The minimum atomic E-state index is -0.00838. The lowest BCUT2D eigenvalue weighted by atomic mass is 9.91. The number of Topliss-reactive ketones (excluding diaryl/α,β-unsaturated/α-hetero) is 7. The Morgan fingerprint density at radius 3 is 1.21 bits per heavy atom. The first-order valence-corrected chi connectivity index (χ1v) is 28.5. The molecule has 1 saturated carbocycles. The molecule has 0 spiro atoms. The smallest absolute Gasteiger partial charge is 0.163 e. The van der Waals surface area contributed by atoms with Crippen LogP contribution in [-0.4, -0.2) is 87.2 Å². The molecular formula is C63H115N7O8. The summed E-state index contributed by atoms with van der Waals surface area (Å²) in [5.41, 5.74) is 0.968. The fourth-order valence-electron chi connectivity index (χ4n) is 7.26. The lowest BCUT2D eigenvalue weighted by Crippen LogP contribution is -2.16. The van der Waals surface area contributed by atoms with E-state index in [0.717, 1.165) is 69.8 Å². The third kappa shape index (κ3) is 51.8. The summed E-state index contributed by atoms with van der Waals surface area (Å²) in [6.07, 6.45) is 17.7. The van der Waals surface area contributed by atoms with E-state index in [1.807, 2.05) is 85.7 Å². The van der Waals surface area contributed by atoms with Gasteiger partial charge in [0.05, 0.1) is 6.54 Å². The second kappa shape index (κ2) is 50.3. The van der Waals surface area contributed by atoms with Crippen LogP contribution < -0.4 is 0 Å². The highest BCUT2D eigenvalue weighted by molar-refractivity contribution is 5.96. The van der Waals surface area contributed by atoms with E-state index in [0.29, 0.717) is 123 Å². The maximum atomic E-state index is 11.6. The first kappa shape index (κ1) is 81.9. The number of aryl methyl sites for hydroxylation is 2. The monoisotopic (exact) mass is 1100 g/mol. The van der Waals surface area contributed by atoms with Crippen LogP contribution in [-0.2, 0) is 41.9 Å². The van der Waals surface area contributed by atoms with Gasteiger partial charge in [0.15, 0.2) is 5.78 Å². The van der Waals surface area contributed by atoms with E-state index in [9.17, 15) is 33.6 Å². The van der Waals surface area contributed by atoms with Gasteiger partial charge in [0.1, 0.15) is 53.7 Å². The van der Waals surface area contributed by atoms with Gasteiger partial charge in [0.25, 0.3) is 0 Å². The number of nitrogens with zero attached hydrogens (tertiary/aromatic N) is 7. The van der Waals surface area contributed by atoms with Crippen LogP contribution in [0.1, 0.15) is 252 Å². The maximum absolute atomic E-state index is 11.6. The predicted octanol–water partition coefficient (Wildman–Crippen LogP) is 14.7. The van der Waals surface area contributed by atoms with Crippen molar-refractivity contribution in [2.45, 2.75) is 255 Å². The molecule has 78 heavy (non-hydrogen) atoms. The molecule has 2 aromatic heterocycles. The third-order valence-electron chi connectivity index (χ3n) is 11.1. The van der Waals surface area contributed by atoms with E-state index in [-0.39, 0.29) is 44.2 Å². The summed E-state index contributed by atoms with van der Waals surface area (Å²) >= 11 is 0. The normalized spacial score (nSPS) is 11.6. The number of ketones is 7. The van der Waals surface area contributed by atoms with Crippen LogP contribution in [0.25, 0.3) is 0 Å². The Morgan fingerprint density at radius 1 is 0.513 bits per heavy atom. The van der Waals surface area contributed by atoms with Gasteiger partial charge in [-0.05, 0) is 84.0 Å². The molecule has 0 radical (unpaired) electrons. The Kier molecular flexibility index (Phi) is 52.8. The molecule has 0 atom stereocenters. The van der Waals surface area contributed by atoms with Crippen LogP contribution in [0, 0.1) is 46.8 Å². The van der Waals surface area contributed by atoms with Gasteiger partial charge in [-0.25, -0.2) is 9.67 Å². The fourth-order valence-corrected chi connectivity index (χ4v) is 7.26. The van der Waals surface area contributed by atoms with Crippen LogP contribution in [0.4, 0.5) is 0 Å². The van der Waals surface area contributed by atoms with Gasteiger partial charge in [-0.1, -0.05) is 163 Å². The summed E-state index contributed by atoms with van der Waals surface area (Å²) in [6.45, 7) is 36.2. The summed E-state index contributed by atoms with van der Waals surface area (Å²) in [5, 5.41) is 22.9. The molecule has 0 saturated heterocycles. The number of carbonyl (C=O) groups excluding carboxylic acids is 7. The summed E-state index contributed by atoms with van der Waals surface area (Å²) in [7, 11) is 0. The van der Waals surface area contributed by atoms with Gasteiger partial charge >= 0.3 is 0 Å². The van der Waals surface area contributed by atoms with Gasteiger partial charge in [-0.2, -0.15) is 5.10 Å². The molecule has 15 heteroatoms. The minimum Gasteiger partial charge on any atom is -0.396 e. The Bertz CT molecular complexity index is 1820. The van der Waals surface area contributed by atoms with Gasteiger partial charge in [0.2, 0.25) is 0 Å². The number of benzene rings is 1. The lowest BCUT2D eigenvalue weighted by molar-refractivity contribution is -0.125. The zero-order chi connectivity index (χ0) is 58.6. The average Bonchev–Trinajstić information content (AvgIpc) is 3.61. The van der Waals surface area contributed by atoms with Crippen LogP contribution in [0.2, 0.25) is 0 Å². The van der Waals surface area contributed by atoms with Crippen LogP contribution in [0.15, 0.2) is 49.3 Å². The highest BCUT2D eigenvalue weighted by atomic mass is 16.3. The van der Waals surface area contributed by atoms with E-state index in [4.69, 9.17) is 5.11 Å². The van der Waals surface area contributed by atoms with Crippen molar-refractivity contribution in [1.82, 2.24) is 35.0 Å². The number of rotatable bonds is 29. The van der Waals surface area contributed by atoms with E-state index < -0.39 is 0 Å². The molecule has 0 aliphatic heterocycles. The molecule has 15 nitrogen and oxygen atoms in total. The molecule has 1 aliphatic carbocycles. The summed E-state index contributed by atoms with van der Waals surface area (Å²) in [5.74, 6) is 5.63. The Labute approximate surface area is 475 Å². The number of aromatic nitrogens is 7. The molecule has 2 heterocycles. The molecule has 1 fully saturated rings. The molecule has 1 aromatic carbocycles. The van der Waals surface area contributed by atoms with E-state index >= 15 is 0 Å². The third-order valence-corrected chi connectivity index (χ3v) is 11.1. The number of hydrogen-bond acceptors (Lipinski definition) is 13. The lowest BCUT2D eigenvalue weighted by Gasteiger charge is -2.11. The molecule has 0 amide bonds. The Hall–Kier alpha value is -4.92. The zero-order valence-electron chi connectivity index (χ0n) is 50.7. The number of aliphatic hydroxyl groups is 1. The average molecular weight is 1100 g/mol. The number of tetrazole rings is 1. The molecule has 1 aliphatic rings. The van der Waals surface area contributed by atoms with Crippen molar-refractivity contribution >= 4 is 40.5 Å². The van der Waals surface area contributed by atoms with Gasteiger partial charge in [0, 0.05) is 101 Å². The molecule has 4 rings (SSSR count). The fraction of sp³-hybridized carbons (Fsp3) is 0.746. The largest absolute Gasteiger partial charge is 0.396 e. The SMILES string of the molecule is C.C.CC(C)CC(=O)CCO.CC(C)CC(=O)CCn1cncn1.CC(C)CC(=O)CCn1cnnn1.CC(C)CC(=O)c1ccccc1.CCC1(C(=O)CC(C)C)CC1.CCCC(=O)CC(C)C.CCCC(=O)CC(C)C. The summed E-state index contributed by atoms with van der Waals surface area (Å²) in [6, 6.07) is 9.45. The van der Waals surface area contributed by atoms with Crippen LogP contribution in [0.5, 0.6) is 0 Å². The maximum Gasteiger partial charge on any atom is 0.163 e. The van der Waals surface area contributed by atoms with Gasteiger partial charge in [-0.3, -0.25) is 38.2 Å². The van der Waals surface area contributed by atoms with Crippen molar-refractivity contribution < 1.29 is 38.7 Å². The van der Waals surface area contributed by atoms with Crippen LogP contribution >= 0.6 is 0 Å². The van der Waals surface area contributed by atoms with Crippen molar-refractivity contribution in [3.05, 3.63) is 54.9 Å². The minimum absolute atomic E-state index is 0. The van der Waals surface area contributed by atoms with E-state index in [1.54, 1.807) is 15.7 Å². The van der Waals surface area contributed by atoms with Crippen molar-refractivity contribution in [3.63, 3.8) is 0 Å². The summed E-state index contributed by atoms with van der Waals surface area (Å²) in [4.78, 5) is 81.8. The van der Waals surface area contributed by atoms with Crippen molar-refractivity contribution in [2.24, 2.45) is 46.8 Å². The highest BCUT2D eigenvalue weighted by Crippen LogP contribution is 2.50. The molecule has 0 unspecified atom stereocenters. The van der Waals surface area contributed by atoms with E-state index in [1.165, 1.54) is 12.7 Å². The topological polar surface area (TPSA) is 214 Å². The van der Waals surface area contributed by atoms with Crippen molar-refractivity contribution in [3.8, 4) is 0 Å².